The predicted octanol–water partition coefficient (Wildman–Crippen LogP) is 14.8. The van der Waals surface area contributed by atoms with Crippen molar-refractivity contribution in [2.45, 2.75) is 0 Å². The summed E-state index contributed by atoms with van der Waals surface area (Å²) in [5.74, 6) is 0. The van der Waals surface area contributed by atoms with Crippen LogP contribution >= 0.6 is 11.3 Å². The third-order valence-corrected chi connectivity index (χ3v) is 12.0. The predicted molar refractivity (Wildman–Crippen MR) is 223 cm³/mol. The molecule has 0 radical (unpaired) electrons. The van der Waals surface area contributed by atoms with Gasteiger partial charge in [-0.15, -0.1) is 11.3 Å². The Kier molecular flexibility index (Phi) is 6.22. The molecule has 0 nitrogen and oxygen atoms in total. The Morgan fingerprint density at radius 1 is 0.235 bits per heavy atom. The van der Waals surface area contributed by atoms with Crippen LogP contribution in [0.5, 0.6) is 0 Å². The van der Waals surface area contributed by atoms with Gasteiger partial charge in [-0.25, -0.2) is 0 Å². The number of hydrogen-bond acceptors (Lipinski definition) is 1. The Labute approximate surface area is 299 Å². The highest BCUT2D eigenvalue weighted by Crippen LogP contribution is 2.46. The van der Waals surface area contributed by atoms with E-state index in [1.165, 1.54) is 107 Å². The fraction of sp³-hybridized carbons (Fsp3) is 0. The molecule has 236 valence electrons. The third-order valence-electron chi connectivity index (χ3n) is 10.8. The van der Waals surface area contributed by atoms with E-state index in [1.807, 2.05) is 11.3 Å². The maximum Gasteiger partial charge on any atom is 0.0361 e. The second kappa shape index (κ2) is 11.1. The molecule has 0 fully saturated rings. The first-order valence-corrected chi connectivity index (χ1v) is 18.4. The van der Waals surface area contributed by atoms with Crippen molar-refractivity contribution >= 4 is 85.4 Å². The number of rotatable bonds is 3. The average Bonchev–Trinajstić information content (AvgIpc) is 3.60. The molecule has 0 unspecified atom stereocenters. The molecule has 1 heteroatoms. The van der Waals surface area contributed by atoms with Crippen LogP contribution in [0.2, 0.25) is 0 Å². The topological polar surface area (TPSA) is 0 Å². The van der Waals surface area contributed by atoms with E-state index in [1.54, 1.807) is 0 Å². The Bertz CT molecular complexity index is 3170. The van der Waals surface area contributed by atoms with Crippen LogP contribution in [-0.2, 0) is 0 Å². The zero-order chi connectivity index (χ0) is 33.5. The van der Waals surface area contributed by atoms with Crippen LogP contribution in [0.25, 0.3) is 107 Å². The maximum atomic E-state index is 2.41. The van der Waals surface area contributed by atoms with Gasteiger partial charge >= 0.3 is 0 Å². The van der Waals surface area contributed by atoms with Crippen molar-refractivity contribution in [3.8, 4) is 33.4 Å². The van der Waals surface area contributed by atoms with Crippen LogP contribution in [0.1, 0.15) is 0 Å². The highest BCUT2D eigenvalue weighted by atomic mass is 32.1. The minimum atomic E-state index is 1.23. The zero-order valence-corrected chi connectivity index (χ0v) is 28.5. The lowest BCUT2D eigenvalue weighted by Crippen LogP contribution is -1.90. The summed E-state index contributed by atoms with van der Waals surface area (Å²) in [5, 5.41) is 15.7. The Morgan fingerprint density at radius 3 is 1.31 bits per heavy atom. The summed E-state index contributed by atoms with van der Waals surface area (Å²) >= 11 is 1.87. The Morgan fingerprint density at radius 2 is 0.686 bits per heavy atom. The van der Waals surface area contributed by atoms with Crippen molar-refractivity contribution in [2.75, 3.05) is 0 Å². The largest absolute Gasteiger partial charge is 0.135 e. The van der Waals surface area contributed by atoms with Crippen molar-refractivity contribution < 1.29 is 0 Å². The van der Waals surface area contributed by atoms with Gasteiger partial charge in [0.05, 0.1) is 0 Å². The standard InChI is InChI=1S/C50H30S/c1-2-11-31(12-3-1)34-25-27-41-44(29-34)37-13-4-6-15-39(37)50-42-28-26-35(30-45(42)38-14-5-7-16-40(38)49(41)50)32-21-23-33(24-22-32)36-18-10-20-47-48(36)43-17-8-9-19-46(43)51-47/h1-30H. The number of hydrogen-bond donors (Lipinski definition) is 0. The molecular weight excluding hydrogens is 633 g/mol. The van der Waals surface area contributed by atoms with Gasteiger partial charge in [-0.1, -0.05) is 158 Å². The van der Waals surface area contributed by atoms with Crippen molar-refractivity contribution in [1.82, 2.24) is 0 Å². The summed E-state index contributed by atoms with van der Waals surface area (Å²) in [7, 11) is 0. The van der Waals surface area contributed by atoms with E-state index in [4.69, 9.17) is 0 Å². The molecule has 0 aliphatic heterocycles. The van der Waals surface area contributed by atoms with E-state index in [2.05, 4.69) is 182 Å². The first-order valence-electron chi connectivity index (χ1n) is 17.6. The first kappa shape index (κ1) is 28.5. The summed E-state index contributed by atoms with van der Waals surface area (Å²) in [6.07, 6.45) is 0. The van der Waals surface area contributed by atoms with Crippen molar-refractivity contribution in [3.05, 3.63) is 182 Å². The minimum absolute atomic E-state index is 1.23. The molecule has 11 rings (SSSR count). The average molecular weight is 663 g/mol. The van der Waals surface area contributed by atoms with Crippen LogP contribution < -0.4 is 0 Å². The normalized spacial score (nSPS) is 11.9. The van der Waals surface area contributed by atoms with Crippen LogP contribution in [0.15, 0.2) is 182 Å². The smallest absolute Gasteiger partial charge is 0.0361 e. The molecule has 51 heavy (non-hydrogen) atoms. The lowest BCUT2D eigenvalue weighted by Gasteiger charge is -2.18. The van der Waals surface area contributed by atoms with Crippen LogP contribution in [-0.4, -0.2) is 0 Å². The fourth-order valence-electron chi connectivity index (χ4n) is 8.52. The third kappa shape index (κ3) is 4.32. The molecule has 0 bridgehead atoms. The highest BCUT2D eigenvalue weighted by Gasteiger charge is 2.17. The van der Waals surface area contributed by atoms with Gasteiger partial charge in [0.25, 0.3) is 0 Å². The van der Waals surface area contributed by atoms with E-state index in [0.717, 1.165) is 0 Å². The summed E-state index contributed by atoms with van der Waals surface area (Å²) in [4.78, 5) is 0. The van der Waals surface area contributed by atoms with Gasteiger partial charge in [0.2, 0.25) is 0 Å². The molecule has 0 aliphatic carbocycles. The number of benzene rings is 10. The minimum Gasteiger partial charge on any atom is -0.135 e. The maximum absolute atomic E-state index is 2.41. The number of fused-ring (bicyclic) bond motifs is 14. The summed E-state index contributed by atoms with van der Waals surface area (Å²) in [5.41, 5.74) is 7.49. The van der Waals surface area contributed by atoms with Crippen LogP contribution in [0.4, 0.5) is 0 Å². The molecule has 11 aromatic rings. The van der Waals surface area contributed by atoms with Gasteiger partial charge in [0, 0.05) is 20.2 Å². The molecule has 1 aromatic heterocycles. The molecule has 0 saturated heterocycles. The Hall–Kier alpha value is -6.28. The van der Waals surface area contributed by atoms with E-state index in [-0.39, 0.29) is 0 Å². The van der Waals surface area contributed by atoms with Gasteiger partial charge < -0.3 is 0 Å². The van der Waals surface area contributed by atoms with E-state index >= 15 is 0 Å². The quantitative estimate of drug-likeness (QED) is 0.165. The summed E-state index contributed by atoms with van der Waals surface area (Å²) in [6.45, 7) is 0. The fourth-order valence-corrected chi connectivity index (χ4v) is 9.65. The molecule has 10 aromatic carbocycles. The van der Waals surface area contributed by atoms with Crippen molar-refractivity contribution in [2.24, 2.45) is 0 Å². The lowest BCUT2D eigenvalue weighted by atomic mass is 9.85. The molecule has 0 amide bonds. The second-order valence-corrected chi connectivity index (χ2v) is 14.7. The van der Waals surface area contributed by atoms with E-state index < -0.39 is 0 Å². The Balaban J connectivity index is 1.12. The zero-order valence-electron chi connectivity index (χ0n) is 27.7. The molecule has 1 heterocycles. The molecule has 0 atom stereocenters. The first-order chi connectivity index (χ1) is 25.3. The molecule has 0 spiro atoms. The molecule has 0 aliphatic rings. The van der Waals surface area contributed by atoms with Crippen molar-refractivity contribution in [3.63, 3.8) is 0 Å². The van der Waals surface area contributed by atoms with Gasteiger partial charge in [-0.2, -0.15) is 0 Å². The SMILES string of the molecule is c1ccc(-c2ccc3c(c2)c2ccccc2c2c4ccc(-c5ccc(-c6cccc7sc8ccccc8c67)cc5)cc4c4ccccc4c32)cc1. The summed E-state index contributed by atoms with van der Waals surface area (Å²) < 4.78 is 2.67. The van der Waals surface area contributed by atoms with E-state index in [0.29, 0.717) is 0 Å². The molecule has 0 saturated carbocycles. The molecule has 0 N–H and O–H groups in total. The van der Waals surface area contributed by atoms with Crippen molar-refractivity contribution in [1.29, 1.82) is 0 Å². The van der Waals surface area contributed by atoms with Gasteiger partial charge in [-0.3, -0.25) is 0 Å². The van der Waals surface area contributed by atoms with Crippen LogP contribution in [0.3, 0.4) is 0 Å². The van der Waals surface area contributed by atoms with Crippen LogP contribution in [0, 0.1) is 0 Å². The second-order valence-electron chi connectivity index (χ2n) is 13.6. The monoisotopic (exact) mass is 662 g/mol. The highest BCUT2D eigenvalue weighted by molar-refractivity contribution is 7.25. The van der Waals surface area contributed by atoms with Gasteiger partial charge in [0.15, 0.2) is 0 Å². The lowest BCUT2D eigenvalue weighted by molar-refractivity contribution is 1.63. The van der Waals surface area contributed by atoms with Gasteiger partial charge in [-0.05, 0) is 112 Å². The summed E-state index contributed by atoms with van der Waals surface area (Å²) in [6, 6.07) is 67.4. The van der Waals surface area contributed by atoms with E-state index in [9.17, 15) is 0 Å². The molecular formula is C50H30S. The van der Waals surface area contributed by atoms with Gasteiger partial charge in [0.1, 0.15) is 0 Å². The number of thiophene rings is 1.